The number of alkyl halides is 1. The fourth-order valence-corrected chi connectivity index (χ4v) is 4.27. The van der Waals surface area contributed by atoms with E-state index in [9.17, 15) is 0 Å². The molecule has 1 unspecified atom stereocenters. The highest BCUT2D eigenvalue weighted by Crippen LogP contribution is 2.42. The summed E-state index contributed by atoms with van der Waals surface area (Å²) in [6, 6.07) is 5.37. The molecule has 0 aliphatic rings. The minimum atomic E-state index is -0.338. The zero-order valence-electron chi connectivity index (χ0n) is 9.22. The summed E-state index contributed by atoms with van der Waals surface area (Å²) in [6.45, 7) is 0. The van der Waals surface area contributed by atoms with Gasteiger partial charge in [-0.15, -0.1) is 22.9 Å². The van der Waals surface area contributed by atoms with Crippen molar-refractivity contribution in [2.24, 2.45) is 0 Å². The maximum atomic E-state index is 6.45. The summed E-state index contributed by atoms with van der Waals surface area (Å²) < 4.78 is 6.08. The second-order valence-corrected chi connectivity index (χ2v) is 6.56. The van der Waals surface area contributed by atoms with Crippen LogP contribution in [0.5, 0.6) is 5.75 Å². The minimum absolute atomic E-state index is 0.338. The molecular formula is C12H8BrCl3OS. The van der Waals surface area contributed by atoms with E-state index in [0.29, 0.717) is 15.8 Å². The van der Waals surface area contributed by atoms with Gasteiger partial charge in [-0.05, 0) is 39.0 Å². The van der Waals surface area contributed by atoms with Gasteiger partial charge in [-0.3, -0.25) is 0 Å². The van der Waals surface area contributed by atoms with Crippen molar-refractivity contribution in [3.8, 4) is 5.75 Å². The number of rotatable bonds is 3. The first-order chi connectivity index (χ1) is 8.54. The Morgan fingerprint density at radius 2 is 2.00 bits per heavy atom. The SMILES string of the molecule is COc1cc(Cl)c(C(Cl)c2sccc2Br)cc1Cl. The van der Waals surface area contributed by atoms with E-state index in [1.54, 1.807) is 30.6 Å². The Bertz CT molecular complexity index is 570. The molecule has 0 fully saturated rings. The Hall–Kier alpha value is 0.0700. The second kappa shape index (κ2) is 6.02. The Kier molecular flexibility index (Phi) is 4.84. The molecule has 0 aliphatic heterocycles. The molecule has 0 radical (unpaired) electrons. The van der Waals surface area contributed by atoms with Gasteiger partial charge in [-0.25, -0.2) is 0 Å². The number of methoxy groups -OCH3 is 1. The van der Waals surface area contributed by atoms with Gasteiger partial charge < -0.3 is 4.74 Å². The van der Waals surface area contributed by atoms with Crippen molar-refractivity contribution in [1.82, 2.24) is 0 Å². The number of hydrogen-bond donors (Lipinski definition) is 0. The smallest absolute Gasteiger partial charge is 0.138 e. The lowest BCUT2D eigenvalue weighted by molar-refractivity contribution is 0.415. The largest absolute Gasteiger partial charge is 0.495 e. The van der Waals surface area contributed by atoms with Crippen LogP contribution in [-0.2, 0) is 0 Å². The molecule has 2 aromatic rings. The van der Waals surface area contributed by atoms with Gasteiger partial charge in [0.1, 0.15) is 5.75 Å². The van der Waals surface area contributed by atoms with Crippen molar-refractivity contribution in [3.63, 3.8) is 0 Å². The van der Waals surface area contributed by atoms with E-state index >= 15 is 0 Å². The fourth-order valence-electron chi connectivity index (χ4n) is 1.52. The fraction of sp³-hybridized carbons (Fsp3) is 0.167. The quantitative estimate of drug-likeness (QED) is 0.575. The predicted molar refractivity (Wildman–Crippen MR) is 82.7 cm³/mol. The molecule has 96 valence electrons. The Morgan fingerprint density at radius 3 is 2.56 bits per heavy atom. The summed E-state index contributed by atoms with van der Waals surface area (Å²) in [7, 11) is 1.55. The maximum absolute atomic E-state index is 6.45. The highest BCUT2D eigenvalue weighted by atomic mass is 79.9. The molecule has 0 spiro atoms. The van der Waals surface area contributed by atoms with Crippen molar-refractivity contribution < 1.29 is 4.74 Å². The summed E-state index contributed by atoms with van der Waals surface area (Å²) in [6.07, 6.45) is 0. The first-order valence-electron chi connectivity index (χ1n) is 4.94. The molecular weight excluding hydrogens is 378 g/mol. The summed E-state index contributed by atoms with van der Waals surface area (Å²) in [4.78, 5) is 1.000. The van der Waals surface area contributed by atoms with Gasteiger partial charge in [-0.2, -0.15) is 0 Å². The first kappa shape index (κ1) is 14.5. The van der Waals surface area contributed by atoms with E-state index in [1.165, 1.54) is 0 Å². The molecule has 6 heteroatoms. The molecule has 1 aromatic carbocycles. The molecule has 0 bridgehead atoms. The van der Waals surface area contributed by atoms with Crippen LogP contribution in [0.3, 0.4) is 0 Å². The Balaban J connectivity index is 2.46. The molecule has 18 heavy (non-hydrogen) atoms. The van der Waals surface area contributed by atoms with E-state index in [-0.39, 0.29) is 5.38 Å². The second-order valence-electron chi connectivity index (χ2n) is 3.50. The van der Waals surface area contributed by atoms with Crippen LogP contribution in [0.1, 0.15) is 15.8 Å². The van der Waals surface area contributed by atoms with Crippen LogP contribution in [0.15, 0.2) is 28.1 Å². The van der Waals surface area contributed by atoms with Crippen LogP contribution >= 0.6 is 62.1 Å². The first-order valence-corrected chi connectivity index (χ1v) is 7.81. The molecule has 0 N–H and O–H groups in total. The lowest BCUT2D eigenvalue weighted by atomic mass is 10.1. The standard InChI is InChI=1S/C12H8BrCl3OS/c1-17-10-5-8(14)6(4-9(10)15)11(16)12-7(13)2-3-18-12/h2-5,11H,1H3. The lowest BCUT2D eigenvalue weighted by Crippen LogP contribution is -1.94. The van der Waals surface area contributed by atoms with Crippen LogP contribution in [-0.4, -0.2) is 7.11 Å². The Morgan fingerprint density at radius 1 is 1.28 bits per heavy atom. The van der Waals surface area contributed by atoms with Gasteiger partial charge >= 0.3 is 0 Å². The molecule has 1 nitrogen and oxygen atoms in total. The summed E-state index contributed by atoms with van der Waals surface area (Å²) in [5, 5.41) is 2.66. The van der Waals surface area contributed by atoms with Crippen molar-refractivity contribution >= 4 is 62.1 Å². The monoisotopic (exact) mass is 384 g/mol. The molecule has 1 atom stereocenters. The van der Waals surface area contributed by atoms with Gasteiger partial charge in [0.15, 0.2) is 0 Å². The maximum Gasteiger partial charge on any atom is 0.138 e. The average molecular weight is 387 g/mol. The molecule has 0 saturated carbocycles. The van der Waals surface area contributed by atoms with E-state index in [1.807, 2.05) is 11.4 Å². The zero-order valence-corrected chi connectivity index (χ0v) is 13.9. The van der Waals surface area contributed by atoms with Gasteiger partial charge in [0.25, 0.3) is 0 Å². The summed E-state index contributed by atoms with van der Waals surface area (Å²) >= 11 is 23.8. The van der Waals surface area contributed by atoms with E-state index < -0.39 is 0 Å². The van der Waals surface area contributed by atoms with Gasteiger partial charge in [0.2, 0.25) is 0 Å². The molecule has 0 saturated heterocycles. The third kappa shape index (κ3) is 2.81. The molecule has 1 aromatic heterocycles. The topological polar surface area (TPSA) is 9.23 Å². The van der Waals surface area contributed by atoms with Gasteiger partial charge in [0.05, 0.1) is 17.5 Å². The van der Waals surface area contributed by atoms with Gasteiger partial charge in [0, 0.05) is 20.4 Å². The zero-order chi connectivity index (χ0) is 13.3. The molecule has 0 amide bonds. The minimum Gasteiger partial charge on any atom is -0.495 e. The van der Waals surface area contributed by atoms with Crippen LogP contribution in [0, 0.1) is 0 Å². The summed E-state index contributed by atoms with van der Waals surface area (Å²) in [5.41, 5.74) is 0.771. The number of thiophene rings is 1. The third-order valence-electron chi connectivity index (χ3n) is 2.42. The van der Waals surface area contributed by atoms with Crippen molar-refractivity contribution in [3.05, 3.63) is 48.5 Å². The predicted octanol–water partition coefficient (Wildman–Crippen LogP) is 6.15. The van der Waals surface area contributed by atoms with E-state index in [0.717, 1.165) is 14.9 Å². The van der Waals surface area contributed by atoms with E-state index in [2.05, 4.69) is 15.9 Å². The van der Waals surface area contributed by atoms with Gasteiger partial charge in [-0.1, -0.05) is 23.2 Å². The third-order valence-corrected chi connectivity index (χ3v) is 5.56. The Labute approximate surface area is 133 Å². The van der Waals surface area contributed by atoms with Crippen LogP contribution < -0.4 is 4.74 Å². The molecule has 2 rings (SSSR count). The number of halogens is 4. The van der Waals surface area contributed by atoms with Crippen LogP contribution in [0.4, 0.5) is 0 Å². The lowest BCUT2D eigenvalue weighted by Gasteiger charge is -2.13. The number of ether oxygens (including phenoxy) is 1. The van der Waals surface area contributed by atoms with Crippen molar-refractivity contribution in [1.29, 1.82) is 0 Å². The summed E-state index contributed by atoms with van der Waals surface area (Å²) in [5.74, 6) is 0.541. The number of benzene rings is 1. The molecule has 1 heterocycles. The highest BCUT2D eigenvalue weighted by molar-refractivity contribution is 9.10. The number of hydrogen-bond acceptors (Lipinski definition) is 2. The van der Waals surface area contributed by atoms with Crippen molar-refractivity contribution in [2.45, 2.75) is 5.38 Å². The highest BCUT2D eigenvalue weighted by Gasteiger charge is 2.20. The molecule has 0 aliphatic carbocycles. The van der Waals surface area contributed by atoms with Crippen molar-refractivity contribution in [2.75, 3.05) is 7.11 Å². The average Bonchev–Trinajstić information content (AvgIpc) is 2.77. The van der Waals surface area contributed by atoms with Crippen LogP contribution in [0.25, 0.3) is 0 Å². The normalized spacial score (nSPS) is 12.5. The van der Waals surface area contributed by atoms with E-state index in [4.69, 9.17) is 39.5 Å². The van der Waals surface area contributed by atoms with Crippen LogP contribution in [0.2, 0.25) is 10.0 Å².